The minimum atomic E-state index is -3.31. The van der Waals surface area contributed by atoms with E-state index in [-0.39, 0.29) is 23.3 Å². The molecule has 0 heterocycles. The summed E-state index contributed by atoms with van der Waals surface area (Å²) < 4.78 is 117. The Morgan fingerprint density at radius 1 is 0.667 bits per heavy atom. The SMILES string of the molecule is CC(C)[CH2][Al]([O]c1cc(F)c(F)c(F)c1F)[O]c1cc(F)c(F)c(F)c1F. The second-order valence-electron chi connectivity index (χ2n) is 5.89. The smallest absolute Gasteiger partial charge is 0.610 e. The van der Waals surface area contributed by atoms with Gasteiger partial charge in [-0.3, -0.25) is 0 Å². The molecule has 0 aromatic heterocycles. The Balaban J connectivity index is 2.38. The quantitative estimate of drug-likeness (QED) is 0.273. The van der Waals surface area contributed by atoms with Gasteiger partial charge in [-0.15, -0.1) is 0 Å². The zero-order chi connectivity index (χ0) is 20.5. The van der Waals surface area contributed by atoms with Crippen molar-refractivity contribution in [2.45, 2.75) is 19.1 Å². The van der Waals surface area contributed by atoms with Gasteiger partial charge < -0.3 is 7.58 Å². The molecule has 11 heteroatoms. The third kappa shape index (κ3) is 4.65. The van der Waals surface area contributed by atoms with E-state index in [2.05, 4.69) is 0 Å². The molecular formula is C16H11AlF8O2. The van der Waals surface area contributed by atoms with E-state index in [9.17, 15) is 35.1 Å². The number of halogens is 8. The van der Waals surface area contributed by atoms with Crippen LogP contribution < -0.4 is 7.58 Å². The van der Waals surface area contributed by atoms with Crippen LogP contribution in [0.1, 0.15) is 13.8 Å². The van der Waals surface area contributed by atoms with Crippen LogP contribution in [0.3, 0.4) is 0 Å². The van der Waals surface area contributed by atoms with Crippen LogP contribution in [0.25, 0.3) is 0 Å². The molecule has 27 heavy (non-hydrogen) atoms. The lowest BCUT2D eigenvalue weighted by atomic mass is 10.3. The van der Waals surface area contributed by atoms with Gasteiger partial charge in [-0.1, -0.05) is 19.8 Å². The fourth-order valence-corrected chi connectivity index (χ4v) is 3.98. The van der Waals surface area contributed by atoms with E-state index in [1.807, 2.05) is 0 Å². The van der Waals surface area contributed by atoms with Gasteiger partial charge in [0, 0.05) is 12.1 Å². The zero-order valence-electron chi connectivity index (χ0n) is 13.9. The van der Waals surface area contributed by atoms with E-state index in [0.717, 1.165) is 0 Å². The molecule has 2 aromatic rings. The molecule has 0 unspecified atom stereocenters. The third-order valence-corrected chi connectivity index (χ3v) is 5.68. The van der Waals surface area contributed by atoms with Crippen molar-refractivity contribution < 1.29 is 42.7 Å². The van der Waals surface area contributed by atoms with Gasteiger partial charge in [0.1, 0.15) is 11.5 Å². The second kappa shape index (κ2) is 8.36. The van der Waals surface area contributed by atoms with Crippen molar-refractivity contribution in [2.24, 2.45) is 5.92 Å². The molecule has 0 saturated heterocycles. The predicted molar refractivity (Wildman–Crippen MR) is 79.2 cm³/mol. The van der Waals surface area contributed by atoms with E-state index < -0.39 is 72.9 Å². The molecular weight excluding hydrogens is 403 g/mol. The topological polar surface area (TPSA) is 18.5 Å². The highest BCUT2D eigenvalue weighted by Gasteiger charge is 2.37. The lowest BCUT2D eigenvalue weighted by Gasteiger charge is -2.19. The fourth-order valence-electron chi connectivity index (χ4n) is 2.06. The molecule has 0 bridgehead atoms. The molecule has 0 aliphatic heterocycles. The Labute approximate surface area is 153 Å². The summed E-state index contributed by atoms with van der Waals surface area (Å²) in [7, 11) is 0. The van der Waals surface area contributed by atoms with Crippen molar-refractivity contribution in [2.75, 3.05) is 0 Å². The van der Waals surface area contributed by atoms with Crippen LogP contribution in [-0.4, -0.2) is 14.8 Å². The summed E-state index contributed by atoms with van der Waals surface area (Å²) in [5, 5.41) is -0.0277. The molecule has 2 aromatic carbocycles. The standard InChI is InChI=1S/2C6H2F4O.C4H9.Al/c2*7-2-1-3(11)5(9)6(10)4(2)8;1-4(2)3;/h2*1,11H;4H,1H2,2-3H3;/q;;;+2/p-2. The first kappa shape index (κ1) is 21.3. The first-order valence-corrected chi connectivity index (χ1v) is 9.28. The summed E-state index contributed by atoms with van der Waals surface area (Å²) >= 11 is -3.31. The molecule has 0 aliphatic carbocycles. The summed E-state index contributed by atoms with van der Waals surface area (Å²) in [5.74, 6) is -17.9. The maximum Gasteiger partial charge on any atom is 0.857 e. The van der Waals surface area contributed by atoms with Crippen LogP contribution in [0, 0.1) is 52.5 Å². The second-order valence-corrected chi connectivity index (χ2v) is 7.69. The van der Waals surface area contributed by atoms with Crippen LogP contribution in [0.4, 0.5) is 35.1 Å². The largest absolute Gasteiger partial charge is 0.857 e. The summed E-state index contributed by atoms with van der Waals surface area (Å²) in [6, 6.07) is 0.444. The van der Waals surface area contributed by atoms with Crippen molar-refractivity contribution in [1.82, 2.24) is 0 Å². The maximum absolute atomic E-state index is 13.8. The Kier molecular flexibility index (Phi) is 6.60. The van der Waals surface area contributed by atoms with Gasteiger partial charge >= 0.3 is 14.8 Å². The van der Waals surface area contributed by atoms with Crippen molar-refractivity contribution in [3.05, 3.63) is 58.7 Å². The Hall–Kier alpha value is -1.99. The normalized spacial score (nSPS) is 11.1. The molecule has 146 valence electrons. The van der Waals surface area contributed by atoms with Crippen LogP contribution in [-0.2, 0) is 0 Å². The first-order valence-electron chi connectivity index (χ1n) is 7.52. The van der Waals surface area contributed by atoms with Crippen LogP contribution in [0.5, 0.6) is 11.5 Å². The number of hydrogen-bond donors (Lipinski definition) is 0. The highest BCUT2D eigenvalue weighted by molar-refractivity contribution is 6.46. The number of benzene rings is 2. The minimum Gasteiger partial charge on any atom is -0.610 e. The predicted octanol–water partition coefficient (Wildman–Crippen LogP) is 5.40. The van der Waals surface area contributed by atoms with Crippen LogP contribution >= 0.6 is 0 Å². The number of hydrogen-bond acceptors (Lipinski definition) is 2. The third-order valence-electron chi connectivity index (χ3n) is 3.32. The van der Waals surface area contributed by atoms with Gasteiger partial charge in [0.05, 0.1) is 0 Å². The molecule has 0 fully saturated rings. The van der Waals surface area contributed by atoms with Gasteiger partial charge in [0.25, 0.3) is 0 Å². The average Bonchev–Trinajstić information content (AvgIpc) is 2.60. The Morgan fingerprint density at radius 3 is 1.37 bits per heavy atom. The first-order chi connectivity index (χ1) is 12.5. The molecule has 0 N–H and O–H groups in total. The average molecular weight is 414 g/mol. The molecule has 2 rings (SSSR count). The van der Waals surface area contributed by atoms with Gasteiger partial charge in [-0.2, -0.15) is 8.78 Å². The maximum atomic E-state index is 13.8. The minimum absolute atomic E-state index is 0.0277. The number of rotatable bonds is 6. The van der Waals surface area contributed by atoms with Crippen LogP contribution in [0.2, 0.25) is 5.28 Å². The molecule has 2 nitrogen and oxygen atoms in total. The molecule has 0 aliphatic rings. The summed E-state index contributed by atoms with van der Waals surface area (Å²) in [4.78, 5) is 0. The molecule has 0 radical (unpaired) electrons. The highest BCUT2D eigenvalue weighted by atomic mass is 27.2. The van der Waals surface area contributed by atoms with Gasteiger partial charge in [0.2, 0.25) is 23.3 Å². The van der Waals surface area contributed by atoms with E-state index >= 15 is 0 Å². The van der Waals surface area contributed by atoms with Crippen molar-refractivity contribution in [1.29, 1.82) is 0 Å². The van der Waals surface area contributed by atoms with E-state index in [0.29, 0.717) is 0 Å². The fraction of sp³-hybridized carbons (Fsp3) is 0.250. The zero-order valence-corrected chi connectivity index (χ0v) is 15.0. The lowest BCUT2D eigenvalue weighted by Crippen LogP contribution is -2.32. The Morgan fingerprint density at radius 2 is 1.04 bits per heavy atom. The van der Waals surface area contributed by atoms with Crippen LogP contribution in [0.15, 0.2) is 12.1 Å². The monoisotopic (exact) mass is 414 g/mol. The lowest BCUT2D eigenvalue weighted by molar-refractivity contribution is 0.343. The van der Waals surface area contributed by atoms with Crippen molar-refractivity contribution in [3.63, 3.8) is 0 Å². The summed E-state index contributed by atoms with van der Waals surface area (Å²) in [6.45, 7) is 3.27. The van der Waals surface area contributed by atoms with E-state index in [1.165, 1.54) is 0 Å². The highest BCUT2D eigenvalue weighted by Crippen LogP contribution is 2.29. The van der Waals surface area contributed by atoms with Gasteiger partial charge in [-0.25, -0.2) is 26.3 Å². The molecule has 0 spiro atoms. The van der Waals surface area contributed by atoms with Crippen molar-refractivity contribution in [3.8, 4) is 11.5 Å². The summed E-state index contributed by atoms with van der Waals surface area (Å²) in [6.07, 6.45) is 0. The van der Waals surface area contributed by atoms with Gasteiger partial charge in [-0.05, 0) is 5.28 Å². The van der Waals surface area contributed by atoms with E-state index in [1.54, 1.807) is 13.8 Å². The molecule has 0 atom stereocenters. The van der Waals surface area contributed by atoms with Crippen molar-refractivity contribution >= 4 is 14.8 Å². The van der Waals surface area contributed by atoms with Gasteiger partial charge in [0.15, 0.2) is 23.3 Å². The Bertz CT molecular complexity index is 794. The molecule has 0 saturated carbocycles. The van der Waals surface area contributed by atoms with E-state index in [4.69, 9.17) is 7.58 Å². The summed E-state index contributed by atoms with van der Waals surface area (Å²) in [5.41, 5.74) is 0. The molecule has 0 amide bonds.